The molecule has 6 heteroatoms. The maximum absolute atomic E-state index is 12.5. The van der Waals surface area contributed by atoms with Crippen LogP contribution in [0.2, 0.25) is 0 Å². The third-order valence-corrected chi connectivity index (χ3v) is 4.25. The van der Waals surface area contributed by atoms with E-state index in [1.807, 2.05) is 18.2 Å². The lowest BCUT2D eigenvalue weighted by molar-refractivity contribution is 0.0620. The molecule has 1 aliphatic carbocycles. The molecule has 0 saturated heterocycles. The molecule has 29 heavy (non-hydrogen) atoms. The summed E-state index contributed by atoms with van der Waals surface area (Å²) < 4.78 is 10.8. The normalized spacial score (nSPS) is 12.6. The van der Waals surface area contributed by atoms with Gasteiger partial charge in [-0.25, -0.2) is 9.59 Å². The number of amides is 2. The molecule has 0 fully saturated rings. The van der Waals surface area contributed by atoms with Crippen LogP contribution in [-0.2, 0) is 15.9 Å². The van der Waals surface area contributed by atoms with Gasteiger partial charge >= 0.3 is 12.2 Å². The van der Waals surface area contributed by atoms with Crippen molar-refractivity contribution in [2.75, 3.05) is 10.6 Å². The topological polar surface area (TPSA) is 76.7 Å². The number of carbonyl (C=O) groups excluding carboxylic acids is 2. The second kappa shape index (κ2) is 7.43. The number of ether oxygens (including phenoxy) is 2. The van der Waals surface area contributed by atoms with E-state index in [2.05, 4.69) is 22.8 Å². The Morgan fingerprint density at radius 3 is 2.00 bits per heavy atom. The predicted octanol–water partition coefficient (Wildman–Crippen LogP) is 5.95. The fraction of sp³-hybridized carbons (Fsp3) is 0.391. The van der Waals surface area contributed by atoms with E-state index in [9.17, 15) is 9.59 Å². The van der Waals surface area contributed by atoms with Gasteiger partial charge in [-0.15, -0.1) is 0 Å². The third-order valence-electron chi connectivity index (χ3n) is 4.25. The van der Waals surface area contributed by atoms with Crippen molar-refractivity contribution in [1.29, 1.82) is 0 Å². The molecule has 154 valence electrons. The molecule has 2 aromatic rings. The largest absolute Gasteiger partial charge is 0.444 e. The summed E-state index contributed by atoms with van der Waals surface area (Å²) in [6.07, 6.45) is -0.505. The van der Waals surface area contributed by atoms with Gasteiger partial charge in [0.05, 0.1) is 11.4 Å². The Morgan fingerprint density at radius 2 is 1.38 bits per heavy atom. The van der Waals surface area contributed by atoms with Crippen LogP contribution in [0, 0.1) is 0 Å². The van der Waals surface area contributed by atoms with E-state index in [0.717, 1.165) is 16.7 Å². The second-order valence-corrected chi connectivity index (χ2v) is 9.10. The second-order valence-electron chi connectivity index (χ2n) is 9.10. The zero-order valence-electron chi connectivity index (χ0n) is 17.8. The average molecular weight is 396 g/mol. The van der Waals surface area contributed by atoms with Crippen molar-refractivity contribution in [1.82, 2.24) is 0 Å². The van der Waals surface area contributed by atoms with E-state index >= 15 is 0 Å². The van der Waals surface area contributed by atoms with Gasteiger partial charge in [-0.3, -0.25) is 10.6 Å². The number of hydrogen-bond acceptors (Lipinski definition) is 4. The molecule has 0 radical (unpaired) electrons. The molecule has 0 saturated carbocycles. The Hall–Kier alpha value is -3.02. The lowest BCUT2D eigenvalue weighted by Gasteiger charge is -2.23. The number of hydrogen-bond donors (Lipinski definition) is 2. The predicted molar refractivity (Wildman–Crippen MR) is 114 cm³/mol. The van der Waals surface area contributed by atoms with Gasteiger partial charge in [-0.2, -0.15) is 0 Å². The van der Waals surface area contributed by atoms with Gasteiger partial charge in [0, 0.05) is 6.42 Å². The van der Waals surface area contributed by atoms with Crippen LogP contribution in [-0.4, -0.2) is 23.4 Å². The molecule has 0 heterocycles. The fourth-order valence-electron chi connectivity index (χ4n) is 3.28. The first-order valence-corrected chi connectivity index (χ1v) is 9.67. The molecule has 0 atom stereocenters. The van der Waals surface area contributed by atoms with Gasteiger partial charge in [-0.1, -0.05) is 30.3 Å². The number of fused-ring (bicyclic) bond motifs is 3. The summed E-state index contributed by atoms with van der Waals surface area (Å²) in [6, 6.07) is 11.8. The van der Waals surface area contributed by atoms with Crippen LogP contribution in [0.15, 0.2) is 36.4 Å². The van der Waals surface area contributed by atoms with Crippen LogP contribution in [0.25, 0.3) is 11.1 Å². The Labute approximate surface area is 171 Å². The molecule has 2 aromatic carbocycles. The van der Waals surface area contributed by atoms with Gasteiger partial charge in [-0.05, 0) is 69.9 Å². The lowest BCUT2D eigenvalue weighted by atomic mass is 10.0. The summed E-state index contributed by atoms with van der Waals surface area (Å²) in [7, 11) is 0. The standard InChI is InChI=1S/C23H28N2O4/c1-22(2,3)28-20(26)24-18-12-11-16-15-10-8-7-9-14(15)13-17(16)19(18)25-21(27)29-23(4,5)6/h7-12H,13H2,1-6H3,(H,24,26)(H,25,27). The average Bonchev–Trinajstić information content (AvgIpc) is 2.92. The smallest absolute Gasteiger partial charge is 0.412 e. The quantitative estimate of drug-likeness (QED) is 0.561. The van der Waals surface area contributed by atoms with Gasteiger partial charge in [0.2, 0.25) is 0 Å². The fourth-order valence-corrected chi connectivity index (χ4v) is 3.28. The number of benzene rings is 2. The monoisotopic (exact) mass is 396 g/mol. The van der Waals surface area contributed by atoms with E-state index in [4.69, 9.17) is 9.47 Å². The Morgan fingerprint density at radius 1 is 0.793 bits per heavy atom. The summed E-state index contributed by atoms with van der Waals surface area (Å²) in [5.41, 5.74) is 3.99. The highest BCUT2D eigenvalue weighted by Gasteiger charge is 2.27. The summed E-state index contributed by atoms with van der Waals surface area (Å²) in [5, 5.41) is 5.60. The summed E-state index contributed by atoms with van der Waals surface area (Å²) in [6.45, 7) is 10.8. The molecule has 2 N–H and O–H groups in total. The van der Waals surface area contributed by atoms with Gasteiger partial charge in [0.1, 0.15) is 11.2 Å². The van der Waals surface area contributed by atoms with Crippen molar-refractivity contribution in [3.05, 3.63) is 47.5 Å². The minimum absolute atomic E-state index is 0.469. The van der Waals surface area contributed by atoms with Crippen LogP contribution in [0.5, 0.6) is 0 Å². The first-order chi connectivity index (χ1) is 13.4. The Balaban J connectivity index is 1.97. The maximum Gasteiger partial charge on any atom is 0.412 e. The number of anilines is 2. The molecular weight excluding hydrogens is 368 g/mol. The van der Waals surface area contributed by atoms with Crippen LogP contribution < -0.4 is 10.6 Å². The minimum atomic E-state index is -0.635. The highest BCUT2D eigenvalue weighted by Crippen LogP contribution is 2.43. The van der Waals surface area contributed by atoms with E-state index < -0.39 is 23.4 Å². The Bertz CT molecular complexity index is 952. The molecular formula is C23H28N2O4. The highest BCUT2D eigenvalue weighted by atomic mass is 16.6. The van der Waals surface area contributed by atoms with Crippen LogP contribution in [0.1, 0.15) is 52.7 Å². The molecule has 0 bridgehead atoms. The number of carbonyl (C=O) groups is 2. The molecule has 3 rings (SSSR count). The van der Waals surface area contributed by atoms with E-state index in [0.29, 0.717) is 17.8 Å². The SMILES string of the molecule is CC(C)(C)OC(=O)Nc1ccc2c(c1NC(=O)OC(C)(C)C)Cc1ccccc1-2. The first kappa shape index (κ1) is 20.7. The molecule has 0 spiro atoms. The Kier molecular flexibility index (Phi) is 5.30. The minimum Gasteiger partial charge on any atom is -0.444 e. The molecule has 1 aliphatic rings. The molecule has 0 aliphatic heterocycles. The zero-order valence-corrected chi connectivity index (χ0v) is 17.8. The lowest BCUT2D eigenvalue weighted by Crippen LogP contribution is -2.29. The summed E-state index contributed by atoms with van der Waals surface area (Å²) >= 11 is 0. The molecule has 2 amide bonds. The summed E-state index contributed by atoms with van der Waals surface area (Å²) in [5.74, 6) is 0. The zero-order chi connectivity index (χ0) is 21.4. The van der Waals surface area contributed by atoms with Crippen molar-refractivity contribution in [2.24, 2.45) is 0 Å². The van der Waals surface area contributed by atoms with Crippen molar-refractivity contribution >= 4 is 23.6 Å². The molecule has 0 aromatic heterocycles. The van der Waals surface area contributed by atoms with Crippen molar-refractivity contribution in [2.45, 2.75) is 59.2 Å². The van der Waals surface area contributed by atoms with Crippen LogP contribution in [0.4, 0.5) is 21.0 Å². The third kappa shape index (κ3) is 5.08. The highest BCUT2D eigenvalue weighted by molar-refractivity contribution is 6.00. The van der Waals surface area contributed by atoms with Crippen LogP contribution in [0.3, 0.4) is 0 Å². The van der Waals surface area contributed by atoms with E-state index in [1.165, 1.54) is 5.56 Å². The van der Waals surface area contributed by atoms with Crippen molar-refractivity contribution < 1.29 is 19.1 Å². The van der Waals surface area contributed by atoms with Crippen molar-refractivity contribution in [3.8, 4) is 11.1 Å². The van der Waals surface area contributed by atoms with E-state index in [-0.39, 0.29) is 0 Å². The molecule has 0 unspecified atom stereocenters. The number of nitrogens with one attached hydrogen (secondary N) is 2. The van der Waals surface area contributed by atoms with Gasteiger partial charge < -0.3 is 9.47 Å². The molecule has 6 nitrogen and oxygen atoms in total. The van der Waals surface area contributed by atoms with Crippen LogP contribution >= 0.6 is 0 Å². The van der Waals surface area contributed by atoms with Gasteiger partial charge in [0.25, 0.3) is 0 Å². The number of rotatable bonds is 2. The van der Waals surface area contributed by atoms with Crippen molar-refractivity contribution in [3.63, 3.8) is 0 Å². The maximum atomic E-state index is 12.5. The van der Waals surface area contributed by atoms with E-state index in [1.54, 1.807) is 47.6 Å². The van der Waals surface area contributed by atoms with Gasteiger partial charge in [0.15, 0.2) is 0 Å². The summed E-state index contributed by atoms with van der Waals surface area (Å²) in [4.78, 5) is 24.8. The first-order valence-electron chi connectivity index (χ1n) is 9.67.